The van der Waals surface area contributed by atoms with E-state index < -0.39 is 9.84 Å². The van der Waals surface area contributed by atoms with Gasteiger partial charge in [0.2, 0.25) is 0 Å². The van der Waals surface area contributed by atoms with Gasteiger partial charge < -0.3 is 0 Å². The first-order valence-corrected chi connectivity index (χ1v) is 11.0. The van der Waals surface area contributed by atoms with Crippen LogP contribution in [-0.2, 0) is 9.84 Å². The number of hydrogen-bond donors (Lipinski definition) is 1. The SMILES string of the molecule is CCS(=O)(=O)c1ccc(C(=O)Nc2nc(-c3ccc(C)cc3C)cs2)cc1. The molecule has 1 N–H and O–H groups in total. The highest BCUT2D eigenvalue weighted by Gasteiger charge is 2.14. The second-order valence-electron chi connectivity index (χ2n) is 6.24. The molecule has 140 valence electrons. The van der Waals surface area contributed by atoms with Gasteiger partial charge in [0.15, 0.2) is 15.0 Å². The van der Waals surface area contributed by atoms with Crippen LogP contribution < -0.4 is 5.32 Å². The molecule has 0 aliphatic carbocycles. The molecule has 3 rings (SSSR count). The molecule has 5 nitrogen and oxygen atoms in total. The lowest BCUT2D eigenvalue weighted by Crippen LogP contribution is -2.12. The Hall–Kier alpha value is -2.51. The number of hydrogen-bond acceptors (Lipinski definition) is 5. The minimum atomic E-state index is -3.28. The van der Waals surface area contributed by atoms with Crippen molar-refractivity contribution in [3.63, 3.8) is 0 Å². The number of carbonyl (C=O) groups is 1. The monoisotopic (exact) mass is 400 g/mol. The minimum absolute atomic E-state index is 0.0266. The van der Waals surface area contributed by atoms with Crippen LogP contribution in [0.25, 0.3) is 11.3 Å². The number of benzene rings is 2. The number of nitrogens with one attached hydrogen (secondary N) is 1. The van der Waals surface area contributed by atoms with Crippen LogP contribution in [-0.4, -0.2) is 25.1 Å². The molecule has 27 heavy (non-hydrogen) atoms. The summed E-state index contributed by atoms with van der Waals surface area (Å²) in [6.45, 7) is 5.66. The predicted octanol–water partition coefficient (Wildman–Crippen LogP) is 4.47. The number of aromatic nitrogens is 1. The molecule has 0 saturated heterocycles. The van der Waals surface area contributed by atoms with Gasteiger partial charge in [0.25, 0.3) is 5.91 Å². The fourth-order valence-electron chi connectivity index (χ4n) is 2.71. The number of rotatable bonds is 5. The van der Waals surface area contributed by atoms with Crippen molar-refractivity contribution in [3.8, 4) is 11.3 Å². The van der Waals surface area contributed by atoms with E-state index in [1.54, 1.807) is 6.92 Å². The van der Waals surface area contributed by atoms with Gasteiger partial charge in [-0.3, -0.25) is 10.1 Å². The zero-order valence-corrected chi connectivity index (χ0v) is 16.9. The highest BCUT2D eigenvalue weighted by molar-refractivity contribution is 7.91. The molecule has 0 aliphatic heterocycles. The Labute approximate surface area is 163 Å². The molecule has 1 amide bonds. The van der Waals surface area contributed by atoms with E-state index >= 15 is 0 Å². The first-order valence-electron chi connectivity index (χ1n) is 8.47. The average Bonchev–Trinajstić information content (AvgIpc) is 3.10. The molecule has 7 heteroatoms. The van der Waals surface area contributed by atoms with Gasteiger partial charge in [0, 0.05) is 16.5 Å². The summed E-state index contributed by atoms with van der Waals surface area (Å²) < 4.78 is 23.7. The molecule has 0 radical (unpaired) electrons. The van der Waals surface area contributed by atoms with Gasteiger partial charge in [-0.2, -0.15) is 0 Å². The standard InChI is InChI=1S/C20H20N2O3S2/c1-4-27(24,25)16-8-6-15(7-9-16)19(23)22-20-21-18(12-26-20)17-10-5-13(2)11-14(17)3/h5-12H,4H2,1-3H3,(H,21,22,23). The fraction of sp³-hybridized carbons (Fsp3) is 0.200. The summed E-state index contributed by atoms with van der Waals surface area (Å²) in [5, 5.41) is 5.18. The molecular weight excluding hydrogens is 380 g/mol. The average molecular weight is 401 g/mol. The van der Waals surface area contributed by atoms with Crippen LogP contribution >= 0.6 is 11.3 Å². The predicted molar refractivity (Wildman–Crippen MR) is 109 cm³/mol. The van der Waals surface area contributed by atoms with Gasteiger partial charge in [-0.25, -0.2) is 13.4 Å². The molecule has 0 bridgehead atoms. The van der Waals surface area contributed by atoms with Crippen LogP contribution in [0.4, 0.5) is 5.13 Å². The number of aryl methyl sites for hydroxylation is 2. The summed E-state index contributed by atoms with van der Waals surface area (Å²) in [6.07, 6.45) is 0. The largest absolute Gasteiger partial charge is 0.298 e. The molecule has 0 aliphatic rings. The maximum Gasteiger partial charge on any atom is 0.257 e. The van der Waals surface area contributed by atoms with E-state index in [9.17, 15) is 13.2 Å². The fourth-order valence-corrected chi connectivity index (χ4v) is 4.30. The zero-order chi connectivity index (χ0) is 19.6. The second-order valence-corrected chi connectivity index (χ2v) is 9.37. The lowest BCUT2D eigenvalue weighted by atomic mass is 10.0. The first kappa shape index (κ1) is 19.3. The van der Waals surface area contributed by atoms with Crippen molar-refractivity contribution >= 4 is 32.2 Å². The highest BCUT2D eigenvalue weighted by atomic mass is 32.2. The van der Waals surface area contributed by atoms with Gasteiger partial charge >= 0.3 is 0 Å². The van der Waals surface area contributed by atoms with E-state index in [2.05, 4.69) is 16.4 Å². The maximum atomic E-state index is 12.4. The third-order valence-corrected chi connectivity index (χ3v) is 6.75. The maximum absolute atomic E-state index is 12.4. The Morgan fingerprint density at radius 1 is 1.11 bits per heavy atom. The molecule has 0 unspecified atom stereocenters. The zero-order valence-electron chi connectivity index (χ0n) is 15.3. The van der Waals surface area contributed by atoms with Gasteiger partial charge in [-0.15, -0.1) is 11.3 Å². The van der Waals surface area contributed by atoms with Crippen molar-refractivity contribution in [1.29, 1.82) is 0 Å². The molecule has 3 aromatic rings. The Kier molecular flexibility index (Phi) is 5.43. The van der Waals surface area contributed by atoms with E-state index in [-0.39, 0.29) is 16.6 Å². The summed E-state index contributed by atoms with van der Waals surface area (Å²) in [4.78, 5) is 17.1. The quantitative estimate of drug-likeness (QED) is 0.685. The molecule has 0 spiro atoms. The highest BCUT2D eigenvalue weighted by Crippen LogP contribution is 2.28. The number of sulfone groups is 1. The van der Waals surface area contributed by atoms with Crippen LogP contribution in [0.1, 0.15) is 28.4 Å². The van der Waals surface area contributed by atoms with Gasteiger partial charge in [-0.1, -0.05) is 30.7 Å². The van der Waals surface area contributed by atoms with Crippen LogP contribution in [0.15, 0.2) is 52.7 Å². The summed E-state index contributed by atoms with van der Waals surface area (Å²) in [5.74, 6) is -0.296. The Bertz CT molecular complexity index is 1080. The lowest BCUT2D eigenvalue weighted by Gasteiger charge is -2.05. The van der Waals surface area contributed by atoms with Crippen LogP contribution in [0.5, 0.6) is 0 Å². The molecule has 2 aromatic carbocycles. The number of anilines is 1. The second kappa shape index (κ2) is 7.62. The molecule has 1 heterocycles. The van der Waals surface area contributed by atoms with Crippen molar-refractivity contribution in [1.82, 2.24) is 4.98 Å². The van der Waals surface area contributed by atoms with Gasteiger partial charge in [0.05, 0.1) is 16.3 Å². The summed E-state index contributed by atoms with van der Waals surface area (Å²) >= 11 is 1.35. The van der Waals surface area contributed by atoms with Crippen LogP contribution in [0, 0.1) is 13.8 Å². The molecule has 0 fully saturated rings. The van der Waals surface area contributed by atoms with Crippen LogP contribution in [0.2, 0.25) is 0 Å². The van der Waals surface area contributed by atoms with Crippen LogP contribution in [0.3, 0.4) is 0 Å². The number of amides is 1. The number of thiazole rings is 1. The molecular formula is C20H20N2O3S2. The smallest absolute Gasteiger partial charge is 0.257 e. The van der Waals surface area contributed by atoms with E-state index in [1.807, 2.05) is 31.4 Å². The lowest BCUT2D eigenvalue weighted by molar-refractivity contribution is 0.102. The van der Waals surface area contributed by atoms with E-state index in [4.69, 9.17) is 0 Å². The van der Waals surface area contributed by atoms with Crippen molar-refractivity contribution in [2.24, 2.45) is 0 Å². The third-order valence-electron chi connectivity index (χ3n) is 4.24. The van der Waals surface area contributed by atoms with E-state index in [0.717, 1.165) is 16.8 Å². The topological polar surface area (TPSA) is 76.1 Å². The van der Waals surface area contributed by atoms with Crippen molar-refractivity contribution in [2.75, 3.05) is 11.1 Å². The summed E-state index contributed by atoms with van der Waals surface area (Å²) in [5.41, 5.74) is 4.55. The Morgan fingerprint density at radius 3 is 2.44 bits per heavy atom. The summed E-state index contributed by atoms with van der Waals surface area (Å²) in [7, 11) is -3.28. The number of carbonyl (C=O) groups excluding carboxylic acids is 1. The molecule has 0 atom stereocenters. The van der Waals surface area contributed by atoms with E-state index in [1.165, 1.54) is 41.2 Å². The van der Waals surface area contributed by atoms with Gasteiger partial charge in [0.1, 0.15) is 0 Å². The first-order chi connectivity index (χ1) is 12.8. The summed E-state index contributed by atoms with van der Waals surface area (Å²) in [6, 6.07) is 12.1. The molecule has 0 saturated carbocycles. The van der Waals surface area contributed by atoms with Crippen molar-refractivity contribution in [2.45, 2.75) is 25.7 Å². The Morgan fingerprint density at radius 2 is 1.81 bits per heavy atom. The third kappa shape index (κ3) is 4.26. The number of nitrogens with zero attached hydrogens (tertiary/aromatic N) is 1. The van der Waals surface area contributed by atoms with E-state index in [0.29, 0.717) is 10.7 Å². The minimum Gasteiger partial charge on any atom is -0.298 e. The van der Waals surface area contributed by atoms with Crippen molar-refractivity contribution < 1.29 is 13.2 Å². The normalized spacial score (nSPS) is 11.4. The van der Waals surface area contributed by atoms with Gasteiger partial charge in [-0.05, 0) is 43.7 Å². The van der Waals surface area contributed by atoms with Crippen molar-refractivity contribution in [3.05, 3.63) is 64.5 Å². The molecule has 1 aromatic heterocycles. The Balaban J connectivity index is 1.76.